The van der Waals surface area contributed by atoms with E-state index in [9.17, 15) is 0 Å². The predicted octanol–water partition coefficient (Wildman–Crippen LogP) is 1.53. The smallest absolute Gasteiger partial charge is 0.0570 e. The van der Waals surface area contributed by atoms with Crippen LogP contribution in [-0.2, 0) is 0 Å². The molecule has 2 nitrogen and oxygen atoms in total. The van der Waals surface area contributed by atoms with Crippen LogP contribution >= 0.6 is 0 Å². The van der Waals surface area contributed by atoms with E-state index in [4.69, 9.17) is 5.73 Å². The summed E-state index contributed by atoms with van der Waals surface area (Å²) >= 11 is 0. The van der Waals surface area contributed by atoms with Gasteiger partial charge in [-0.25, -0.2) is 0 Å². The summed E-state index contributed by atoms with van der Waals surface area (Å²) in [6.45, 7) is 8.40. The minimum Gasteiger partial charge on any atom is -0.397 e. The van der Waals surface area contributed by atoms with E-state index in [0.717, 1.165) is 17.9 Å². The van der Waals surface area contributed by atoms with E-state index < -0.39 is 0 Å². The first-order valence-corrected chi connectivity index (χ1v) is 3.75. The molecule has 0 spiro atoms. The first-order chi connectivity index (χ1) is 5.26. The molecular formula is C9H16N2. The number of hydrogen-bond donors (Lipinski definition) is 2. The third kappa shape index (κ3) is 3.50. The van der Waals surface area contributed by atoms with Crippen molar-refractivity contribution >= 4 is 0 Å². The fourth-order valence-corrected chi connectivity index (χ4v) is 0.721. The van der Waals surface area contributed by atoms with E-state index in [2.05, 4.69) is 11.9 Å². The number of nitrogens with two attached hydrogens (primary N) is 1. The zero-order valence-corrected chi connectivity index (χ0v) is 7.22. The van der Waals surface area contributed by atoms with Crippen LogP contribution in [0.2, 0.25) is 0 Å². The van der Waals surface area contributed by atoms with Crippen LogP contribution in [-0.4, -0.2) is 6.54 Å². The number of hydrogen-bond acceptors (Lipinski definition) is 2. The Morgan fingerprint density at radius 1 is 1.64 bits per heavy atom. The Morgan fingerprint density at radius 3 is 2.64 bits per heavy atom. The SMILES string of the molecule is C=C/C=C(NCC)\C(N)=C/C. The van der Waals surface area contributed by atoms with Crippen LogP contribution in [0.5, 0.6) is 0 Å². The van der Waals surface area contributed by atoms with Gasteiger partial charge in [0.1, 0.15) is 0 Å². The number of rotatable bonds is 4. The molecular weight excluding hydrogens is 136 g/mol. The van der Waals surface area contributed by atoms with Gasteiger partial charge in [0, 0.05) is 6.54 Å². The molecule has 0 atom stereocenters. The Bertz CT molecular complexity index is 178. The van der Waals surface area contributed by atoms with Gasteiger partial charge in [-0.2, -0.15) is 0 Å². The highest BCUT2D eigenvalue weighted by atomic mass is 14.9. The summed E-state index contributed by atoms with van der Waals surface area (Å²) < 4.78 is 0. The second-order valence-corrected chi connectivity index (χ2v) is 2.09. The van der Waals surface area contributed by atoms with Crippen LogP contribution < -0.4 is 11.1 Å². The fourth-order valence-electron chi connectivity index (χ4n) is 0.721. The molecule has 0 radical (unpaired) electrons. The van der Waals surface area contributed by atoms with Crippen LogP contribution in [0.4, 0.5) is 0 Å². The molecule has 0 aromatic heterocycles. The molecule has 0 aromatic carbocycles. The summed E-state index contributed by atoms with van der Waals surface area (Å²) in [6.07, 6.45) is 5.44. The molecule has 11 heavy (non-hydrogen) atoms. The zero-order valence-electron chi connectivity index (χ0n) is 7.22. The standard InChI is InChI=1S/C9H16N2/c1-4-7-9(11-6-3)8(10)5-2/h4-5,7,11H,1,6,10H2,2-3H3/b8-5+,9-7+. The monoisotopic (exact) mass is 152 g/mol. The van der Waals surface area contributed by atoms with E-state index in [1.165, 1.54) is 0 Å². The quantitative estimate of drug-likeness (QED) is 0.599. The Labute approximate surface area is 68.5 Å². The van der Waals surface area contributed by atoms with Gasteiger partial charge in [-0.1, -0.05) is 18.7 Å². The van der Waals surface area contributed by atoms with Gasteiger partial charge >= 0.3 is 0 Å². The van der Waals surface area contributed by atoms with Crippen molar-refractivity contribution < 1.29 is 0 Å². The highest BCUT2D eigenvalue weighted by Gasteiger charge is 1.94. The topological polar surface area (TPSA) is 38.0 Å². The highest BCUT2D eigenvalue weighted by Crippen LogP contribution is 1.98. The van der Waals surface area contributed by atoms with Crippen molar-refractivity contribution in [2.75, 3.05) is 6.54 Å². The molecule has 0 saturated heterocycles. The molecule has 62 valence electrons. The summed E-state index contributed by atoms with van der Waals surface area (Å²) in [5.74, 6) is 0. The van der Waals surface area contributed by atoms with Crippen molar-refractivity contribution in [2.24, 2.45) is 5.73 Å². The van der Waals surface area contributed by atoms with Crippen LogP contribution in [0.3, 0.4) is 0 Å². The second-order valence-electron chi connectivity index (χ2n) is 2.09. The van der Waals surface area contributed by atoms with E-state index in [1.807, 2.05) is 26.0 Å². The van der Waals surface area contributed by atoms with Crippen LogP contribution in [0.15, 0.2) is 36.2 Å². The first kappa shape index (κ1) is 9.82. The Balaban J connectivity index is 4.33. The Hall–Kier alpha value is -1.18. The number of nitrogens with one attached hydrogen (secondary N) is 1. The van der Waals surface area contributed by atoms with Crippen LogP contribution in [0, 0.1) is 0 Å². The van der Waals surface area contributed by atoms with Gasteiger partial charge in [-0.3, -0.25) is 0 Å². The maximum atomic E-state index is 5.67. The second kappa shape index (κ2) is 5.59. The molecule has 0 aliphatic carbocycles. The molecule has 0 unspecified atom stereocenters. The summed E-state index contributed by atoms with van der Waals surface area (Å²) in [5.41, 5.74) is 7.36. The minimum atomic E-state index is 0.756. The lowest BCUT2D eigenvalue weighted by molar-refractivity contribution is 0.857. The van der Waals surface area contributed by atoms with E-state index in [1.54, 1.807) is 6.08 Å². The molecule has 0 amide bonds. The molecule has 0 heterocycles. The Morgan fingerprint density at radius 2 is 2.27 bits per heavy atom. The largest absolute Gasteiger partial charge is 0.397 e. The van der Waals surface area contributed by atoms with Gasteiger partial charge in [-0.05, 0) is 19.9 Å². The lowest BCUT2D eigenvalue weighted by Gasteiger charge is -2.07. The molecule has 0 fully saturated rings. The molecule has 3 N–H and O–H groups in total. The first-order valence-electron chi connectivity index (χ1n) is 3.75. The summed E-state index contributed by atoms with van der Waals surface area (Å²) in [7, 11) is 0. The van der Waals surface area contributed by atoms with Gasteiger partial charge < -0.3 is 11.1 Å². The van der Waals surface area contributed by atoms with Crippen molar-refractivity contribution in [2.45, 2.75) is 13.8 Å². The third-order valence-electron chi connectivity index (χ3n) is 1.27. The molecule has 0 bridgehead atoms. The zero-order chi connectivity index (χ0) is 8.69. The van der Waals surface area contributed by atoms with Gasteiger partial charge in [-0.15, -0.1) is 0 Å². The highest BCUT2D eigenvalue weighted by molar-refractivity contribution is 5.28. The molecule has 0 rings (SSSR count). The molecule has 0 saturated carbocycles. The lowest BCUT2D eigenvalue weighted by Crippen LogP contribution is -2.17. The van der Waals surface area contributed by atoms with E-state index >= 15 is 0 Å². The van der Waals surface area contributed by atoms with E-state index in [-0.39, 0.29) is 0 Å². The van der Waals surface area contributed by atoms with Crippen LogP contribution in [0.1, 0.15) is 13.8 Å². The maximum absolute atomic E-state index is 5.67. The molecule has 0 aromatic rings. The normalized spacial score (nSPS) is 12.9. The van der Waals surface area contributed by atoms with Gasteiger partial charge in [0.05, 0.1) is 11.4 Å². The van der Waals surface area contributed by atoms with Gasteiger partial charge in [0.25, 0.3) is 0 Å². The number of allylic oxidation sites excluding steroid dienone is 3. The van der Waals surface area contributed by atoms with Crippen molar-refractivity contribution in [3.8, 4) is 0 Å². The van der Waals surface area contributed by atoms with Crippen molar-refractivity contribution in [1.82, 2.24) is 5.32 Å². The third-order valence-corrected chi connectivity index (χ3v) is 1.27. The molecule has 0 aliphatic rings. The van der Waals surface area contributed by atoms with E-state index in [0.29, 0.717) is 0 Å². The number of likely N-dealkylation sites (N-methyl/N-ethyl adjacent to an activating group) is 1. The average Bonchev–Trinajstić information content (AvgIpc) is 2.03. The minimum absolute atomic E-state index is 0.756. The lowest BCUT2D eigenvalue weighted by atomic mass is 10.3. The molecule has 0 aliphatic heterocycles. The summed E-state index contributed by atoms with van der Waals surface area (Å²) in [4.78, 5) is 0. The fraction of sp³-hybridized carbons (Fsp3) is 0.333. The van der Waals surface area contributed by atoms with Crippen molar-refractivity contribution in [1.29, 1.82) is 0 Å². The molecule has 2 heteroatoms. The maximum Gasteiger partial charge on any atom is 0.0570 e. The summed E-state index contributed by atoms with van der Waals surface area (Å²) in [6, 6.07) is 0. The Kier molecular flexibility index (Phi) is 4.99. The predicted molar refractivity (Wildman–Crippen MR) is 49.9 cm³/mol. The van der Waals surface area contributed by atoms with Crippen molar-refractivity contribution in [3.05, 3.63) is 36.2 Å². The van der Waals surface area contributed by atoms with Gasteiger partial charge in [0.15, 0.2) is 0 Å². The van der Waals surface area contributed by atoms with Crippen molar-refractivity contribution in [3.63, 3.8) is 0 Å². The van der Waals surface area contributed by atoms with Gasteiger partial charge in [0.2, 0.25) is 0 Å². The average molecular weight is 152 g/mol. The van der Waals surface area contributed by atoms with Crippen LogP contribution in [0.25, 0.3) is 0 Å². The summed E-state index contributed by atoms with van der Waals surface area (Å²) in [5, 5.41) is 3.13.